The monoisotopic (exact) mass is 626 g/mol. The Labute approximate surface area is 268 Å². The fourth-order valence-electron chi connectivity index (χ4n) is 5.11. The molecular weight excluding hydrogens is 568 g/mol. The zero-order chi connectivity index (χ0) is 32.8. The van der Waals surface area contributed by atoms with Crippen molar-refractivity contribution in [3.8, 4) is 0 Å². The Bertz CT molecular complexity index is 1060. The molecule has 0 saturated carbocycles. The number of carbonyl (C=O) groups is 2. The molecule has 7 nitrogen and oxygen atoms in total. The summed E-state index contributed by atoms with van der Waals surface area (Å²) >= 11 is 0. The number of nitrogens with zero attached hydrogens (tertiary/aromatic N) is 2. The lowest BCUT2D eigenvalue weighted by Gasteiger charge is -2.28. The second-order valence-electron chi connectivity index (χ2n) is 12.2. The van der Waals surface area contributed by atoms with Gasteiger partial charge in [-0.2, -0.15) is 0 Å². The predicted molar refractivity (Wildman–Crippen MR) is 184 cm³/mol. The molecule has 2 atom stereocenters. The largest absolute Gasteiger partial charge is 0.466 e. The van der Waals surface area contributed by atoms with Gasteiger partial charge < -0.3 is 14.2 Å². The number of ether oxygens (including phenoxy) is 3. The Morgan fingerprint density at radius 2 is 1.48 bits per heavy atom. The van der Waals surface area contributed by atoms with Crippen LogP contribution in [0.2, 0.25) is 19.6 Å². The minimum absolute atomic E-state index is 0.0232. The van der Waals surface area contributed by atoms with E-state index in [0.717, 1.165) is 45.8 Å². The Morgan fingerprint density at radius 1 is 0.886 bits per heavy atom. The topological polar surface area (TPSA) is 68.3 Å². The van der Waals surface area contributed by atoms with Crippen LogP contribution < -0.4 is 0 Å². The van der Waals surface area contributed by atoms with E-state index in [1.165, 1.54) is 23.4 Å². The third-order valence-electron chi connectivity index (χ3n) is 6.91. The summed E-state index contributed by atoms with van der Waals surface area (Å²) in [6.45, 7) is 20.3. The number of allylic oxidation sites excluding steroid dienone is 1. The van der Waals surface area contributed by atoms with E-state index in [-0.39, 0.29) is 17.9 Å². The van der Waals surface area contributed by atoms with E-state index < -0.39 is 8.07 Å². The highest BCUT2D eigenvalue weighted by Crippen LogP contribution is 2.28. The molecule has 246 valence electrons. The molecule has 2 unspecified atom stereocenters. The van der Waals surface area contributed by atoms with E-state index in [2.05, 4.69) is 95.7 Å². The SMILES string of the molecule is CC/C=C\C(=O)OCC.CCOC(=O)C1CN(Cc2ccccc2)CC1CC.COCN(Cc1ccccc1)C[Si](C)(C)C. The lowest BCUT2D eigenvalue weighted by atomic mass is 9.94. The number of likely N-dealkylation sites (tertiary alicyclic amines) is 1. The molecule has 1 fully saturated rings. The lowest BCUT2D eigenvalue weighted by molar-refractivity contribution is -0.148. The van der Waals surface area contributed by atoms with Gasteiger partial charge in [-0.25, -0.2) is 4.79 Å². The Kier molecular flexibility index (Phi) is 20.2. The summed E-state index contributed by atoms with van der Waals surface area (Å²) in [4.78, 5) is 27.2. The van der Waals surface area contributed by atoms with Crippen molar-refractivity contribution in [1.82, 2.24) is 9.80 Å². The second-order valence-corrected chi connectivity index (χ2v) is 17.7. The summed E-state index contributed by atoms with van der Waals surface area (Å²) in [5.74, 6) is 0.209. The van der Waals surface area contributed by atoms with E-state index in [1.807, 2.05) is 19.9 Å². The minimum Gasteiger partial charge on any atom is -0.466 e. The molecule has 2 aromatic carbocycles. The molecule has 0 bridgehead atoms. The first-order valence-electron chi connectivity index (χ1n) is 16.1. The van der Waals surface area contributed by atoms with Gasteiger partial charge in [-0.05, 0) is 43.5 Å². The molecule has 8 heteroatoms. The molecule has 0 amide bonds. The van der Waals surface area contributed by atoms with Crippen molar-refractivity contribution in [2.24, 2.45) is 11.8 Å². The van der Waals surface area contributed by atoms with E-state index in [4.69, 9.17) is 9.47 Å². The first-order valence-corrected chi connectivity index (χ1v) is 19.8. The van der Waals surface area contributed by atoms with E-state index in [0.29, 0.717) is 19.1 Å². The molecule has 0 spiro atoms. The third kappa shape index (κ3) is 17.5. The molecule has 2 aromatic rings. The summed E-state index contributed by atoms with van der Waals surface area (Å²) in [5.41, 5.74) is 2.67. The smallest absolute Gasteiger partial charge is 0.330 e. The van der Waals surface area contributed by atoms with Gasteiger partial charge >= 0.3 is 11.9 Å². The molecule has 0 N–H and O–H groups in total. The standard InChI is InChI=1S/C16H23NO2.C13H23NOSi.C7H12O2/c1-3-14-11-17(10-13-8-6-5-7-9-13)12-15(14)16(18)19-4-2;1-15-11-14(12-16(2,3)4)10-13-8-6-5-7-9-13;1-3-5-6-7(8)9-4-2/h5-9,14-15H,3-4,10-12H2,1-2H3;5-9H,10-12H2,1-4H3;5-6H,3-4H2,1-2H3/b;;6-5-. The van der Waals surface area contributed by atoms with E-state index in [9.17, 15) is 9.59 Å². The van der Waals surface area contributed by atoms with Gasteiger partial charge in [0, 0.05) is 39.4 Å². The van der Waals surface area contributed by atoms with Gasteiger partial charge in [0.1, 0.15) is 0 Å². The molecule has 1 saturated heterocycles. The Morgan fingerprint density at radius 3 is 1.98 bits per heavy atom. The van der Waals surface area contributed by atoms with Crippen LogP contribution >= 0.6 is 0 Å². The molecule has 1 aliphatic heterocycles. The van der Waals surface area contributed by atoms with Crippen molar-refractivity contribution in [2.45, 2.75) is 73.3 Å². The average Bonchev–Trinajstić information content (AvgIpc) is 3.40. The first kappa shape index (κ1) is 39.2. The van der Waals surface area contributed by atoms with Crippen LogP contribution in [0, 0.1) is 11.8 Å². The fraction of sp³-hybridized carbons (Fsp3) is 0.556. The number of carbonyl (C=O) groups excluding carboxylic acids is 2. The van der Waals surface area contributed by atoms with Crippen molar-refractivity contribution < 1.29 is 23.8 Å². The fourth-order valence-corrected chi connectivity index (χ4v) is 6.65. The van der Waals surface area contributed by atoms with Crippen LogP contribution in [0.25, 0.3) is 0 Å². The van der Waals surface area contributed by atoms with E-state index >= 15 is 0 Å². The molecule has 44 heavy (non-hydrogen) atoms. The second kappa shape index (κ2) is 22.7. The summed E-state index contributed by atoms with van der Waals surface area (Å²) in [6, 6.07) is 21.0. The molecule has 3 rings (SSSR count). The highest BCUT2D eigenvalue weighted by molar-refractivity contribution is 6.76. The quantitative estimate of drug-likeness (QED) is 0.0951. The number of esters is 2. The van der Waals surface area contributed by atoms with E-state index in [1.54, 1.807) is 20.1 Å². The van der Waals surface area contributed by atoms with Gasteiger partial charge in [0.2, 0.25) is 0 Å². The highest BCUT2D eigenvalue weighted by Gasteiger charge is 2.37. The predicted octanol–water partition coefficient (Wildman–Crippen LogP) is 7.19. The van der Waals surface area contributed by atoms with Crippen molar-refractivity contribution in [3.63, 3.8) is 0 Å². The number of hydrogen-bond donors (Lipinski definition) is 0. The summed E-state index contributed by atoms with van der Waals surface area (Å²) in [7, 11) is 0.701. The van der Waals surface area contributed by atoms with Crippen LogP contribution in [-0.4, -0.2) is 76.1 Å². The number of rotatable bonds is 14. The van der Waals surface area contributed by atoms with Crippen LogP contribution in [0.1, 0.15) is 51.7 Å². The van der Waals surface area contributed by atoms with Crippen molar-refractivity contribution in [1.29, 1.82) is 0 Å². The van der Waals surface area contributed by atoms with Crippen LogP contribution in [-0.2, 0) is 36.9 Å². The van der Waals surface area contributed by atoms with Crippen molar-refractivity contribution in [3.05, 3.63) is 83.9 Å². The van der Waals surface area contributed by atoms with Gasteiger partial charge in [0.15, 0.2) is 0 Å². The molecule has 0 radical (unpaired) electrons. The van der Waals surface area contributed by atoms with Gasteiger partial charge in [-0.1, -0.05) is 107 Å². The highest BCUT2D eigenvalue weighted by atomic mass is 28.3. The zero-order valence-corrected chi connectivity index (χ0v) is 29.6. The molecule has 1 aliphatic rings. The maximum absolute atomic E-state index is 12.0. The number of benzene rings is 2. The van der Waals surface area contributed by atoms with Crippen molar-refractivity contribution in [2.75, 3.05) is 46.3 Å². The Balaban J connectivity index is 0.000000352. The van der Waals surface area contributed by atoms with Gasteiger partial charge in [-0.15, -0.1) is 0 Å². The maximum atomic E-state index is 12.0. The average molecular weight is 627 g/mol. The van der Waals surface area contributed by atoms with Gasteiger partial charge in [0.25, 0.3) is 0 Å². The van der Waals surface area contributed by atoms with Crippen molar-refractivity contribution >= 4 is 20.0 Å². The zero-order valence-electron chi connectivity index (χ0n) is 28.6. The summed E-state index contributed by atoms with van der Waals surface area (Å²) in [5, 5.41) is 0. The van der Waals surface area contributed by atoms with Crippen LogP contribution in [0.3, 0.4) is 0 Å². The maximum Gasteiger partial charge on any atom is 0.330 e. The molecular formula is C36H58N2O5Si. The number of methoxy groups -OCH3 is 1. The van der Waals surface area contributed by atoms with Crippen LogP contribution in [0.5, 0.6) is 0 Å². The third-order valence-corrected chi connectivity index (χ3v) is 8.31. The molecule has 0 aliphatic carbocycles. The van der Waals surface area contributed by atoms with Gasteiger partial charge in [0.05, 0.1) is 33.9 Å². The van der Waals surface area contributed by atoms with Gasteiger partial charge in [-0.3, -0.25) is 14.6 Å². The minimum atomic E-state index is -1.07. The van der Waals surface area contributed by atoms with Crippen LogP contribution in [0.4, 0.5) is 0 Å². The number of hydrogen-bond acceptors (Lipinski definition) is 7. The normalized spacial score (nSPS) is 16.6. The Hall–Kier alpha value is -2.78. The summed E-state index contributed by atoms with van der Waals surface area (Å²) in [6.07, 6.45) is 6.31. The molecule has 1 heterocycles. The summed E-state index contributed by atoms with van der Waals surface area (Å²) < 4.78 is 15.1. The molecule has 0 aromatic heterocycles. The first-order chi connectivity index (χ1) is 21.1. The lowest BCUT2D eigenvalue weighted by Crippen LogP contribution is -2.40. The van der Waals surface area contributed by atoms with Crippen LogP contribution in [0.15, 0.2) is 72.8 Å².